The number of carboxylic acids is 1. The summed E-state index contributed by atoms with van der Waals surface area (Å²) in [5.41, 5.74) is 1.70. The molecule has 4 nitrogen and oxygen atoms in total. The van der Waals surface area contributed by atoms with Gasteiger partial charge in [-0.05, 0) is 30.3 Å². The van der Waals surface area contributed by atoms with Crippen LogP contribution in [0.25, 0.3) is 20.8 Å². The van der Waals surface area contributed by atoms with Crippen molar-refractivity contribution in [3.05, 3.63) is 78.4 Å². The third kappa shape index (κ3) is 3.09. The molecular weight excluding hydrogens is 334 g/mol. The van der Waals surface area contributed by atoms with E-state index in [-0.39, 0.29) is 5.56 Å². The molecule has 0 aliphatic heterocycles. The number of carboxylic acid groups (broad SMARTS) is 1. The zero-order valence-corrected chi connectivity index (χ0v) is 13.9. The summed E-state index contributed by atoms with van der Waals surface area (Å²) in [6.45, 7) is 0. The summed E-state index contributed by atoms with van der Waals surface area (Å²) in [4.78, 5) is 16.0. The molecule has 0 amide bonds. The number of ether oxygens (including phenoxy) is 1. The Kier molecular flexibility index (Phi) is 3.91. The predicted octanol–water partition coefficient (Wildman–Crippen LogP) is 5.45. The maximum absolute atomic E-state index is 11.4. The Labute approximate surface area is 148 Å². The number of thiazole rings is 1. The molecule has 0 unspecified atom stereocenters. The molecule has 1 N–H and O–H groups in total. The quantitative estimate of drug-likeness (QED) is 0.533. The first-order valence-corrected chi connectivity index (χ1v) is 8.48. The van der Waals surface area contributed by atoms with Gasteiger partial charge in [0.15, 0.2) is 0 Å². The fourth-order valence-electron chi connectivity index (χ4n) is 2.56. The van der Waals surface area contributed by atoms with Crippen molar-refractivity contribution < 1.29 is 14.6 Å². The Hall–Kier alpha value is -3.18. The number of rotatable bonds is 4. The van der Waals surface area contributed by atoms with Gasteiger partial charge in [-0.25, -0.2) is 9.78 Å². The van der Waals surface area contributed by atoms with Crippen molar-refractivity contribution in [2.45, 2.75) is 0 Å². The number of aromatic carboxylic acids is 1. The van der Waals surface area contributed by atoms with E-state index < -0.39 is 5.97 Å². The molecular formula is C20H13NO3S. The van der Waals surface area contributed by atoms with Crippen LogP contribution in [0.1, 0.15) is 10.4 Å². The normalized spacial score (nSPS) is 10.7. The van der Waals surface area contributed by atoms with Crippen molar-refractivity contribution >= 4 is 27.5 Å². The molecule has 3 aromatic carbocycles. The maximum Gasteiger partial charge on any atom is 0.336 e. The molecule has 0 saturated heterocycles. The molecule has 0 aliphatic carbocycles. The Bertz CT molecular complexity index is 1060. The van der Waals surface area contributed by atoms with Crippen LogP contribution < -0.4 is 4.74 Å². The summed E-state index contributed by atoms with van der Waals surface area (Å²) < 4.78 is 6.80. The van der Waals surface area contributed by atoms with Gasteiger partial charge in [0, 0.05) is 11.6 Å². The van der Waals surface area contributed by atoms with Crippen molar-refractivity contribution in [1.29, 1.82) is 0 Å². The van der Waals surface area contributed by atoms with Crippen molar-refractivity contribution in [2.24, 2.45) is 0 Å². The Morgan fingerprint density at radius 1 is 0.920 bits per heavy atom. The first-order valence-electron chi connectivity index (χ1n) is 7.67. The van der Waals surface area contributed by atoms with Crippen LogP contribution in [0.4, 0.5) is 0 Å². The van der Waals surface area contributed by atoms with Crippen LogP contribution in [-0.4, -0.2) is 16.1 Å². The molecule has 0 radical (unpaired) electrons. The van der Waals surface area contributed by atoms with Gasteiger partial charge in [-0.3, -0.25) is 0 Å². The summed E-state index contributed by atoms with van der Waals surface area (Å²) in [6.07, 6.45) is 0. The van der Waals surface area contributed by atoms with E-state index in [1.165, 1.54) is 11.3 Å². The third-order valence-electron chi connectivity index (χ3n) is 3.73. The Balaban J connectivity index is 1.73. The highest BCUT2D eigenvalue weighted by molar-refractivity contribution is 7.21. The Morgan fingerprint density at radius 2 is 1.68 bits per heavy atom. The van der Waals surface area contributed by atoms with Crippen LogP contribution in [0.15, 0.2) is 72.8 Å². The number of aromatic nitrogens is 1. The minimum atomic E-state index is -0.956. The van der Waals surface area contributed by atoms with E-state index in [1.807, 2.05) is 54.6 Å². The number of para-hydroxylation sites is 1. The highest BCUT2D eigenvalue weighted by Crippen LogP contribution is 2.34. The molecule has 4 rings (SSSR count). The molecule has 0 bridgehead atoms. The van der Waals surface area contributed by atoms with Crippen LogP contribution in [0.2, 0.25) is 0 Å². The monoisotopic (exact) mass is 347 g/mol. The van der Waals surface area contributed by atoms with Crippen molar-refractivity contribution in [2.75, 3.05) is 0 Å². The minimum absolute atomic E-state index is 0.252. The zero-order valence-electron chi connectivity index (χ0n) is 13.0. The second-order valence-electron chi connectivity index (χ2n) is 5.41. The molecule has 0 aliphatic rings. The molecule has 0 saturated carbocycles. The topological polar surface area (TPSA) is 59.4 Å². The lowest BCUT2D eigenvalue weighted by Gasteiger charge is -2.04. The van der Waals surface area contributed by atoms with E-state index in [4.69, 9.17) is 4.74 Å². The van der Waals surface area contributed by atoms with Crippen LogP contribution in [0, 0.1) is 0 Å². The molecule has 1 heterocycles. The third-order valence-corrected chi connectivity index (χ3v) is 4.78. The molecule has 0 atom stereocenters. The summed E-state index contributed by atoms with van der Waals surface area (Å²) in [5.74, 6) is 0.534. The maximum atomic E-state index is 11.4. The minimum Gasteiger partial charge on any atom is -0.478 e. The van der Waals surface area contributed by atoms with E-state index >= 15 is 0 Å². The zero-order chi connectivity index (χ0) is 17.2. The summed E-state index contributed by atoms with van der Waals surface area (Å²) >= 11 is 1.45. The van der Waals surface area contributed by atoms with Gasteiger partial charge in [-0.15, -0.1) is 11.3 Å². The second-order valence-corrected chi connectivity index (χ2v) is 6.45. The lowest BCUT2D eigenvalue weighted by molar-refractivity contribution is 0.0697. The van der Waals surface area contributed by atoms with E-state index in [9.17, 15) is 9.90 Å². The fraction of sp³-hybridized carbons (Fsp3) is 0. The summed E-state index contributed by atoms with van der Waals surface area (Å²) in [6, 6.07) is 22.1. The summed E-state index contributed by atoms with van der Waals surface area (Å²) in [7, 11) is 0. The second kappa shape index (κ2) is 6.37. The van der Waals surface area contributed by atoms with Crippen LogP contribution in [-0.2, 0) is 0 Å². The first kappa shape index (κ1) is 15.4. The Morgan fingerprint density at radius 3 is 2.48 bits per heavy atom. The molecule has 0 fully saturated rings. The largest absolute Gasteiger partial charge is 0.478 e. The molecule has 122 valence electrons. The highest BCUT2D eigenvalue weighted by Gasteiger charge is 2.15. The van der Waals surface area contributed by atoms with Gasteiger partial charge < -0.3 is 9.84 Å². The van der Waals surface area contributed by atoms with Gasteiger partial charge in [-0.2, -0.15) is 0 Å². The van der Waals surface area contributed by atoms with E-state index in [1.54, 1.807) is 18.2 Å². The highest BCUT2D eigenvalue weighted by atomic mass is 32.1. The predicted molar refractivity (Wildman–Crippen MR) is 98.5 cm³/mol. The van der Waals surface area contributed by atoms with Crippen molar-refractivity contribution in [3.63, 3.8) is 0 Å². The van der Waals surface area contributed by atoms with Crippen molar-refractivity contribution in [3.8, 4) is 22.1 Å². The number of hydrogen-bond acceptors (Lipinski definition) is 4. The van der Waals surface area contributed by atoms with Crippen LogP contribution in [0.5, 0.6) is 11.5 Å². The molecule has 5 heteroatoms. The number of nitrogens with zero attached hydrogens (tertiary/aromatic N) is 1. The number of carbonyl (C=O) groups is 1. The molecule has 4 aromatic rings. The number of benzene rings is 3. The van der Waals surface area contributed by atoms with Crippen LogP contribution in [0.3, 0.4) is 0 Å². The average molecular weight is 347 g/mol. The van der Waals surface area contributed by atoms with Gasteiger partial charge in [0.2, 0.25) is 0 Å². The lowest BCUT2D eigenvalue weighted by atomic mass is 10.1. The van der Waals surface area contributed by atoms with Gasteiger partial charge in [0.05, 0.1) is 15.8 Å². The standard InChI is InChI=1S/C20H13NO3S/c22-20(23)16-9-5-4-8-15(16)19-21-17-11-10-14(12-18(17)25-19)24-13-6-2-1-3-7-13/h1-12H,(H,22,23). The van der Waals surface area contributed by atoms with Crippen LogP contribution >= 0.6 is 11.3 Å². The van der Waals surface area contributed by atoms with Gasteiger partial charge in [0.25, 0.3) is 0 Å². The number of hydrogen-bond donors (Lipinski definition) is 1. The molecule has 1 aromatic heterocycles. The number of fused-ring (bicyclic) bond motifs is 1. The molecule has 0 spiro atoms. The smallest absolute Gasteiger partial charge is 0.336 e. The van der Waals surface area contributed by atoms with Crippen molar-refractivity contribution in [1.82, 2.24) is 4.98 Å². The van der Waals surface area contributed by atoms with Gasteiger partial charge in [-0.1, -0.05) is 36.4 Å². The van der Waals surface area contributed by atoms with Gasteiger partial charge >= 0.3 is 5.97 Å². The van der Waals surface area contributed by atoms with E-state index in [0.717, 1.165) is 21.7 Å². The van der Waals surface area contributed by atoms with Gasteiger partial charge in [0.1, 0.15) is 16.5 Å². The molecule has 25 heavy (non-hydrogen) atoms. The lowest BCUT2D eigenvalue weighted by Crippen LogP contribution is -1.98. The fourth-order valence-corrected chi connectivity index (χ4v) is 3.60. The van der Waals surface area contributed by atoms with E-state index in [0.29, 0.717) is 10.6 Å². The summed E-state index contributed by atoms with van der Waals surface area (Å²) in [5, 5.41) is 10.1. The SMILES string of the molecule is O=C(O)c1ccccc1-c1nc2ccc(Oc3ccccc3)cc2s1. The first-order chi connectivity index (χ1) is 12.2. The van der Waals surface area contributed by atoms with E-state index in [2.05, 4.69) is 4.98 Å². The average Bonchev–Trinajstić information content (AvgIpc) is 3.06.